The lowest BCUT2D eigenvalue weighted by Gasteiger charge is -2.48. The first-order valence-corrected chi connectivity index (χ1v) is 10.0. The first-order chi connectivity index (χ1) is 12.4. The molecule has 0 unspecified atom stereocenters. The fraction of sp³-hybridized carbons (Fsp3) is 0.588. The number of rotatable bonds is 3. The average Bonchev–Trinajstić information content (AvgIpc) is 2.56. The second-order valence-corrected chi connectivity index (χ2v) is 9.34. The monoisotopic (exact) mass is 404 g/mol. The summed E-state index contributed by atoms with van der Waals surface area (Å²) in [6.45, 7) is 4.34. The summed E-state index contributed by atoms with van der Waals surface area (Å²) in [7, 11) is -3.02. The van der Waals surface area contributed by atoms with Crippen LogP contribution in [0.3, 0.4) is 0 Å². The van der Waals surface area contributed by atoms with Crippen molar-refractivity contribution in [3.05, 3.63) is 23.8 Å². The number of aliphatic hydroxyl groups excluding tert-OH is 1. The quantitative estimate of drug-likeness (QED) is 0.810. The van der Waals surface area contributed by atoms with Gasteiger partial charge in [0, 0.05) is 18.7 Å². The first kappa shape index (κ1) is 20.0. The van der Waals surface area contributed by atoms with Crippen molar-refractivity contribution in [1.82, 2.24) is 9.80 Å². The van der Waals surface area contributed by atoms with Gasteiger partial charge < -0.3 is 14.7 Å². The molecule has 1 saturated heterocycles. The summed E-state index contributed by atoms with van der Waals surface area (Å²) < 4.78 is 55.4. The molecule has 3 rings (SSSR count). The molecule has 1 aromatic rings. The van der Waals surface area contributed by atoms with Gasteiger partial charge >= 0.3 is 5.76 Å². The molecule has 2 aliphatic heterocycles. The highest BCUT2D eigenvalue weighted by molar-refractivity contribution is 7.91. The minimum absolute atomic E-state index is 0.148. The number of hydrogen-bond acceptors (Lipinski definition) is 6. The van der Waals surface area contributed by atoms with E-state index < -0.39 is 38.2 Å². The van der Waals surface area contributed by atoms with Crippen molar-refractivity contribution in [2.75, 3.05) is 26.7 Å². The van der Waals surface area contributed by atoms with Crippen molar-refractivity contribution in [3.63, 3.8) is 0 Å². The van der Waals surface area contributed by atoms with Gasteiger partial charge in [0.1, 0.15) is 17.5 Å². The van der Waals surface area contributed by atoms with Gasteiger partial charge in [-0.1, -0.05) is 0 Å². The number of carbonyl (C=O) groups is 1. The molecule has 1 fully saturated rings. The van der Waals surface area contributed by atoms with Crippen molar-refractivity contribution in [3.8, 4) is 5.75 Å². The van der Waals surface area contributed by atoms with Gasteiger partial charge in [0.05, 0.1) is 17.5 Å². The Hall–Kier alpha value is -1.78. The van der Waals surface area contributed by atoms with Crippen LogP contribution in [0.1, 0.15) is 25.5 Å². The van der Waals surface area contributed by atoms with Crippen LogP contribution < -0.4 is 4.74 Å². The molecule has 1 aromatic carbocycles. The molecule has 0 aliphatic carbocycles. The summed E-state index contributed by atoms with van der Waals surface area (Å²) in [6.07, 6.45) is -1.16. The number of benzene rings is 1. The van der Waals surface area contributed by atoms with Crippen molar-refractivity contribution in [2.24, 2.45) is 0 Å². The van der Waals surface area contributed by atoms with Gasteiger partial charge in [-0.3, -0.25) is 9.69 Å². The highest BCUT2D eigenvalue weighted by Crippen LogP contribution is 2.44. The largest absolute Gasteiger partial charge is 0.485 e. The maximum absolute atomic E-state index is 12.9. The van der Waals surface area contributed by atoms with Gasteiger partial charge in [0.25, 0.3) is 0 Å². The number of piperazine rings is 1. The normalized spacial score (nSPS) is 26.0. The van der Waals surface area contributed by atoms with E-state index in [1.807, 2.05) is 4.90 Å². The second-order valence-electron chi connectivity index (χ2n) is 7.43. The third kappa shape index (κ3) is 3.41. The summed E-state index contributed by atoms with van der Waals surface area (Å²) in [5.74, 6) is -3.54. The molecular formula is C17H22F2N2O5S. The molecular weight excluding hydrogens is 382 g/mol. The smallest absolute Gasteiger partial charge is 0.341 e. The average molecular weight is 404 g/mol. The molecule has 0 aromatic heterocycles. The predicted molar refractivity (Wildman–Crippen MR) is 92.3 cm³/mol. The van der Waals surface area contributed by atoms with Crippen molar-refractivity contribution in [2.45, 2.75) is 42.2 Å². The number of hydrogen-bond donors (Lipinski definition) is 1. The topological polar surface area (TPSA) is 87.2 Å². The standard InChI is InChI=1S/C17H22F2N2O5S/c1-17(2)15(23)14(21-7-6-20(3)9-13(21)22)11-8-10(4-5-12(11)26-17)27(24,25)16(18)19/h4-5,8,14-16,23H,6-7,9H2,1-3H3/t14-,15+/m0/s1. The molecule has 1 amide bonds. The van der Waals surface area contributed by atoms with Crippen LogP contribution in [0.5, 0.6) is 5.75 Å². The molecule has 2 aliphatic rings. The summed E-state index contributed by atoms with van der Waals surface area (Å²) in [5.41, 5.74) is -0.842. The Morgan fingerprint density at radius 3 is 2.56 bits per heavy atom. The number of sulfone groups is 1. The Balaban J connectivity index is 2.12. The highest BCUT2D eigenvalue weighted by atomic mass is 32.2. The van der Waals surface area contributed by atoms with Crippen LogP contribution in [-0.2, 0) is 14.6 Å². The third-order valence-corrected chi connectivity index (χ3v) is 6.41. The molecule has 0 spiro atoms. The van der Waals surface area contributed by atoms with Crippen LogP contribution in [0.15, 0.2) is 23.1 Å². The molecule has 7 nitrogen and oxygen atoms in total. The Morgan fingerprint density at radius 2 is 1.96 bits per heavy atom. The number of likely N-dealkylation sites (N-methyl/N-ethyl adjacent to an activating group) is 1. The molecule has 0 radical (unpaired) electrons. The number of alkyl halides is 2. The summed E-state index contributed by atoms with van der Waals surface area (Å²) in [5, 5.41) is 10.9. The van der Waals surface area contributed by atoms with Crippen LogP contribution in [0, 0.1) is 0 Å². The maximum atomic E-state index is 12.9. The van der Waals surface area contributed by atoms with Gasteiger partial charge in [0.15, 0.2) is 0 Å². The van der Waals surface area contributed by atoms with E-state index in [9.17, 15) is 27.1 Å². The first-order valence-electron chi connectivity index (χ1n) is 8.46. The predicted octanol–water partition coefficient (Wildman–Crippen LogP) is 1.03. The number of halogens is 2. The molecule has 0 bridgehead atoms. The van der Waals surface area contributed by atoms with E-state index >= 15 is 0 Å². The van der Waals surface area contributed by atoms with Crippen molar-refractivity contribution < 1.29 is 31.8 Å². The minimum atomic E-state index is -4.82. The number of fused-ring (bicyclic) bond motifs is 1. The van der Waals surface area contributed by atoms with Crippen molar-refractivity contribution >= 4 is 15.7 Å². The lowest BCUT2D eigenvalue weighted by molar-refractivity contribution is -0.149. The molecule has 150 valence electrons. The minimum Gasteiger partial charge on any atom is -0.485 e. The Kier molecular flexibility index (Phi) is 4.94. The van der Waals surface area contributed by atoms with Gasteiger partial charge in [-0.15, -0.1) is 0 Å². The van der Waals surface area contributed by atoms with E-state index in [0.29, 0.717) is 13.1 Å². The van der Waals surface area contributed by atoms with E-state index in [4.69, 9.17) is 4.74 Å². The molecule has 2 heterocycles. The van der Waals surface area contributed by atoms with E-state index in [1.165, 1.54) is 11.0 Å². The number of carbonyl (C=O) groups excluding carboxylic acids is 1. The van der Waals surface area contributed by atoms with Gasteiger partial charge in [-0.2, -0.15) is 8.78 Å². The molecule has 27 heavy (non-hydrogen) atoms. The summed E-state index contributed by atoms with van der Waals surface area (Å²) in [4.78, 5) is 15.3. The zero-order valence-corrected chi connectivity index (χ0v) is 16.0. The second kappa shape index (κ2) is 6.68. The fourth-order valence-electron chi connectivity index (χ4n) is 3.46. The molecule has 10 heteroatoms. The molecule has 0 saturated carbocycles. The van der Waals surface area contributed by atoms with Crippen molar-refractivity contribution in [1.29, 1.82) is 0 Å². The zero-order valence-electron chi connectivity index (χ0n) is 15.2. The van der Waals surface area contributed by atoms with Gasteiger partial charge in [-0.05, 0) is 39.1 Å². The van der Waals surface area contributed by atoms with Crippen LogP contribution in [0.25, 0.3) is 0 Å². The van der Waals surface area contributed by atoms with Crippen LogP contribution >= 0.6 is 0 Å². The number of aliphatic hydroxyl groups is 1. The number of nitrogens with zero attached hydrogens (tertiary/aromatic N) is 2. The Bertz CT molecular complexity index is 859. The van der Waals surface area contributed by atoms with Crippen LogP contribution in [-0.4, -0.2) is 73.4 Å². The van der Waals surface area contributed by atoms with Gasteiger partial charge in [0.2, 0.25) is 15.7 Å². The zero-order chi connectivity index (χ0) is 20.1. The highest BCUT2D eigenvalue weighted by Gasteiger charge is 2.47. The third-order valence-electron chi connectivity index (χ3n) is 5.03. The Labute approximate surface area is 156 Å². The SMILES string of the molecule is CN1CCN([C@H]2c3cc(S(=O)(=O)C(F)F)ccc3OC(C)(C)[C@@H]2O)C(=O)C1. The lowest BCUT2D eigenvalue weighted by Crippen LogP contribution is -2.58. The molecule has 2 atom stereocenters. The fourth-order valence-corrected chi connectivity index (χ4v) is 4.22. The molecule has 1 N–H and O–H groups in total. The van der Waals surface area contributed by atoms with Crippen LogP contribution in [0.2, 0.25) is 0 Å². The van der Waals surface area contributed by atoms with E-state index in [0.717, 1.165) is 12.1 Å². The van der Waals surface area contributed by atoms with Gasteiger partial charge in [-0.25, -0.2) is 8.42 Å². The number of amides is 1. The maximum Gasteiger partial charge on any atom is 0.341 e. The van der Waals surface area contributed by atoms with E-state index in [2.05, 4.69) is 0 Å². The van der Waals surface area contributed by atoms with E-state index in [-0.39, 0.29) is 23.8 Å². The summed E-state index contributed by atoms with van der Waals surface area (Å²) in [6, 6.07) is 2.53. The summed E-state index contributed by atoms with van der Waals surface area (Å²) >= 11 is 0. The van der Waals surface area contributed by atoms with Crippen LogP contribution in [0.4, 0.5) is 8.78 Å². The number of ether oxygens (including phenoxy) is 1. The lowest BCUT2D eigenvalue weighted by atomic mass is 9.85. The Morgan fingerprint density at radius 1 is 1.30 bits per heavy atom. The van der Waals surface area contributed by atoms with E-state index in [1.54, 1.807) is 20.9 Å².